The highest BCUT2D eigenvalue weighted by Crippen LogP contribution is 2.19. The predicted octanol–water partition coefficient (Wildman–Crippen LogP) is 2.04. The first-order valence-corrected chi connectivity index (χ1v) is 7.28. The molecule has 20 heavy (non-hydrogen) atoms. The highest BCUT2D eigenvalue weighted by atomic mass is 16.5. The van der Waals surface area contributed by atoms with Gasteiger partial charge in [0.05, 0.1) is 18.6 Å². The van der Waals surface area contributed by atoms with Crippen LogP contribution in [0.15, 0.2) is 30.3 Å². The molecule has 1 saturated heterocycles. The maximum absolute atomic E-state index is 12.1. The molecule has 1 aliphatic heterocycles. The van der Waals surface area contributed by atoms with Gasteiger partial charge in [0.15, 0.2) is 0 Å². The quantitative estimate of drug-likeness (QED) is 0.866. The second-order valence-electron chi connectivity index (χ2n) is 5.49. The molecule has 0 saturated carbocycles. The lowest BCUT2D eigenvalue weighted by molar-refractivity contribution is -0.129. The third-order valence-electron chi connectivity index (χ3n) is 3.68. The SMILES string of the molecule is C[C@H](C[C@H](O)c1ccccc1)NC(=O)[C@@H]1CCCOC1. The van der Waals surface area contributed by atoms with Crippen molar-refractivity contribution in [2.45, 2.75) is 38.3 Å². The summed E-state index contributed by atoms with van der Waals surface area (Å²) in [5.41, 5.74) is 0.884. The number of hydrogen-bond acceptors (Lipinski definition) is 3. The molecule has 0 unspecified atom stereocenters. The summed E-state index contributed by atoms with van der Waals surface area (Å²) >= 11 is 0. The van der Waals surface area contributed by atoms with Crippen molar-refractivity contribution in [3.05, 3.63) is 35.9 Å². The molecule has 4 heteroatoms. The normalized spacial score (nSPS) is 22.0. The van der Waals surface area contributed by atoms with Crippen LogP contribution >= 0.6 is 0 Å². The lowest BCUT2D eigenvalue weighted by Gasteiger charge is -2.24. The van der Waals surface area contributed by atoms with Crippen LogP contribution in [0.2, 0.25) is 0 Å². The summed E-state index contributed by atoms with van der Waals surface area (Å²) in [6.07, 6.45) is 1.80. The molecule has 0 bridgehead atoms. The van der Waals surface area contributed by atoms with Gasteiger partial charge in [-0.25, -0.2) is 0 Å². The van der Waals surface area contributed by atoms with Gasteiger partial charge in [-0.1, -0.05) is 30.3 Å². The Hall–Kier alpha value is -1.39. The summed E-state index contributed by atoms with van der Waals surface area (Å²) in [5, 5.41) is 13.1. The average molecular weight is 277 g/mol. The molecule has 4 nitrogen and oxygen atoms in total. The van der Waals surface area contributed by atoms with E-state index in [0.717, 1.165) is 25.0 Å². The molecule has 1 aliphatic rings. The molecule has 0 spiro atoms. The minimum absolute atomic E-state index is 0.0393. The lowest BCUT2D eigenvalue weighted by atomic mass is 9.99. The summed E-state index contributed by atoms with van der Waals surface area (Å²) in [6.45, 7) is 3.19. The second-order valence-corrected chi connectivity index (χ2v) is 5.49. The van der Waals surface area contributed by atoms with Crippen LogP contribution in [-0.4, -0.2) is 30.3 Å². The molecule has 2 rings (SSSR count). The van der Waals surface area contributed by atoms with Crippen molar-refractivity contribution in [2.24, 2.45) is 5.92 Å². The Morgan fingerprint density at radius 2 is 2.20 bits per heavy atom. The van der Waals surface area contributed by atoms with E-state index in [-0.39, 0.29) is 17.9 Å². The minimum atomic E-state index is -0.547. The lowest BCUT2D eigenvalue weighted by Crippen LogP contribution is -2.40. The van der Waals surface area contributed by atoms with Gasteiger partial charge in [0.2, 0.25) is 5.91 Å². The topological polar surface area (TPSA) is 58.6 Å². The molecular formula is C16H23NO3. The second kappa shape index (κ2) is 7.41. The monoisotopic (exact) mass is 277 g/mol. The van der Waals surface area contributed by atoms with Crippen molar-refractivity contribution in [1.82, 2.24) is 5.32 Å². The molecule has 0 radical (unpaired) electrons. The van der Waals surface area contributed by atoms with Gasteiger partial charge in [-0.3, -0.25) is 4.79 Å². The van der Waals surface area contributed by atoms with Crippen LogP contribution in [0.4, 0.5) is 0 Å². The van der Waals surface area contributed by atoms with Gasteiger partial charge in [0.25, 0.3) is 0 Å². The highest BCUT2D eigenvalue weighted by Gasteiger charge is 2.23. The van der Waals surface area contributed by atoms with E-state index in [0.29, 0.717) is 13.0 Å². The van der Waals surface area contributed by atoms with Gasteiger partial charge in [-0.15, -0.1) is 0 Å². The first-order valence-electron chi connectivity index (χ1n) is 7.28. The van der Waals surface area contributed by atoms with Crippen molar-refractivity contribution < 1.29 is 14.6 Å². The Bertz CT molecular complexity index is 415. The van der Waals surface area contributed by atoms with Gasteiger partial charge in [-0.05, 0) is 31.7 Å². The third-order valence-corrected chi connectivity index (χ3v) is 3.68. The summed E-state index contributed by atoms with van der Waals surface area (Å²) in [4.78, 5) is 12.1. The first-order chi connectivity index (χ1) is 9.66. The zero-order chi connectivity index (χ0) is 14.4. The molecule has 110 valence electrons. The maximum Gasteiger partial charge on any atom is 0.225 e. The molecule has 1 amide bonds. The zero-order valence-corrected chi connectivity index (χ0v) is 11.9. The molecule has 1 fully saturated rings. The number of aliphatic hydroxyl groups excluding tert-OH is 1. The van der Waals surface area contributed by atoms with Crippen LogP contribution < -0.4 is 5.32 Å². The number of carbonyl (C=O) groups is 1. The van der Waals surface area contributed by atoms with E-state index in [1.807, 2.05) is 37.3 Å². The molecule has 1 heterocycles. The van der Waals surface area contributed by atoms with Gasteiger partial charge in [0, 0.05) is 12.6 Å². The van der Waals surface area contributed by atoms with E-state index in [1.165, 1.54) is 0 Å². The van der Waals surface area contributed by atoms with E-state index >= 15 is 0 Å². The molecule has 0 aromatic heterocycles. The van der Waals surface area contributed by atoms with Gasteiger partial charge < -0.3 is 15.2 Å². The largest absolute Gasteiger partial charge is 0.388 e. The molecule has 1 aromatic carbocycles. The Balaban J connectivity index is 1.79. The smallest absolute Gasteiger partial charge is 0.225 e. The van der Waals surface area contributed by atoms with E-state index in [4.69, 9.17) is 4.74 Å². The third kappa shape index (κ3) is 4.32. The number of benzene rings is 1. The molecule has 2 N–H and O–H groups in total. The van der Waals surface area contributed by atoms with Crippen molar-refractivity contribution in [1.29, 1.82) is 0 Å². The molecular weight excluding hydrogens is 254 g/mol. The van der Waals surface area contributed by atoms with Crippen LogP contribution in [-0.2, 0) is 9.53 Å². The van der Waals surface area contributed by atoms with Crippen LogP contribution in [0.3, 0.4) is 0 Å². The van der Waals surface area contributed by atoms with E-state index in [9.17, 15) is 9.90 Å². The number of aliphatic hydroxyl groups is 1. The number of hydrogen-bond donors (Lipinski definition) is 2. The summed E-state index contributed by atoms with van der Waals surface area (Å²) in [6, 6.07) is 9.47. The van der Waals surface area contributed by atoms with Gasteiger partial charge >= 0.3 is 0 Å². The Morgan fingerprint density at radius 3 is 2.85 bits per heavy atom. The molecule has 1 aromatic rings. The fraction of sp³-hybridized carbons (Fsp3) is 0.562. The zero-order valence-electron chi connectivity index (χ0n) is 11.9. The number of carbonyl (C=O) groups excluding carboxylic acids is 1. The van der Waals surface area contributed by atoms with E-state index in [2.05, 4.69) is 5.32 Å². The van der Waals surface area contributed by atoms with Crippen LogP contribution in [0, 0.1) is 5.92 Å². The average Bonchev–Trinajstić information content (AvgIpc) is 2.49. The van der Waals surface area contributed by atoms with Crippen molar-refractivity contribution in [2.75, 3.05) is 13.2 Å². The summed E-state index contributed by atoms with van der Waals surface area (Å²) in [5.74, 6) is -0.00229. The number of rotatable bonds is 5. The Kier molecular flexibility index (Phi) is 5.56. The molecule has 3 atom stereocenters. The number of amides is 1. The Morgan fingerprint density at radius 1 is 1.45 bits per heavy atom. The summed E-state index contributed by atoms with van der Waals surface area (Å²) in [7, 11) is 0. The van der Waals surface area contributed by atoms with Crippen LogP contribution in [0.25, 0.3) is 0 Å². The predicted molar refractivity (Wildman–Crippen MR) is 77.2 cm³/mol. The fourth-order valence-electron chi connectivity index (χ4n) is 2.51. The Labute approximate surface area is 120 Å². The number of ether oxygens (including phenoxy) is 1. The van der Waals surface area contributed by atoms with Crippen LogP contribution in [0.5, 0.6) is 0 Å². The van der Waals surface area contributed by atoms with Gasteiger partial charge in [-0.2, -0.15) is 0 Å². The summed E-state index contributed by atoms with van der Waals surface area (Å²) < 4.78 is 5.32. The van der Waals surface area contributed by atoms with Gasteiger partial charge in [0.1, 0.15) is 0 Å². The standard InChI is InChI=1S/C16H23NO3/c1-12(10-15(18)13-6-3-2-4-7-13)17-16(19)14-8-5-9-20-11-14/h2-4,6-7,12,14-15,18H,5,8-11H2,1H3,(H,17,19)/t12-,14-,15+/m1/s1. The maximum atomic E-state index is 12.1. The first kappa shape index (κ1) is 15.0. The van der Waals surface area contributed by atoms with Crippen LogP contribution in [0.1, 0.15) is 37.9 Å². The van der Waals surface area contributed by atoms with E-state index in [1.54, 1.807) is 0 Å². The highest BCUT2D eigenvalue weighted by molar-refractivity contribution is 5.79. The fourth-order valence-corrected chi connectivity index (χ4v) is 2.51. The number of nitrogens with one attached hydrogen (secondary N) is 1. The van der Waals surface area contributed by atoms with E-state index < -0.39 is 6.10 Å². The molecule has 0 aliphatic carbocycles. The van der Waals surface area contributed by atoms with Crippen molar-refractivity contribution in [3.8, 4) is 0 Å². The van der Waals surface area contributed by atoms with Crippen molar-refractivity contribution in [3.63, 3.8) is 0 Å². The van der Waals surface area contributed by atoms with Crippen molar-refractivity contribution >= 4 is 5.91 Å². The minimum Gasteiger partial charge on any atom is -0.388 e.